The van der Waals surface area contributed by atoms with Gasteiger partial charge in [0.05, 0.1) is 12.8 Å². The number of nitrogens with zero attached hydrogens (tertiary/aromatic N) is 2. The molecule has 0 aromatic rings. The molecular formula is C13H26N2O3S. The molecule has 1 fully saturated rings. The Labute approximate surface area is 117 Å². The van der Waals surface area contributed by atoms with E-state index in [1.807, 2.05) is 18.7 Å². The molecule has 1 rings (SSSR count). The van der Waals surface area contributed by atoms with E-state index in [9.17, 15) is 13.2 Å². The molecule has 1 saturated heterocycles. The topological polar surface area (TPSA) is 57.7 Å². The average molecular weight is 290 g/mol. The number of amides is 1. The van der Waals surface area contributed by atoms with Crippen molar-refractivity contribution in [3.63, 3.8) is 0 Å². The average Bonchev–Trinajstić information content (AvgIpc) is 2.62. The highest BCUT2D eigenvalue weighted by Crippen LogP contribution is 2.13. The van der Waals surface area contributed by atoms with Crippen LogP contribution in [-0.2, 0) is 14.8 Å². The second-order valence-electron chi connectivity index (χ2n) is 5.36. The molecule has 0 aliphatic carbocycles. The van der Waals surface area contributed by atoms with Crippen LogP contribution in [0.15, 0.2) is 0 Å². The Kier molecular flexibility index (Phi) is 6.26. The monoisotopic (exact) mass is 290 g/mol. The van der Waals surface area contributed by atoms with Gasteiger partial charge in [0.2, 0.25) is 15.9 Å². The van der Waals surface area contributed by atoms with E-state index in [1.165, 1.54) is 10.6 Å². The molecule has 0 bridgehead atoms. The van der Waals surface area contributed by atoms with Crippen LogP contribution >= 0.6 is 0 Å². The van der Waals surface area contributed by atoms with Crippen molar-refractivity contribution in [1.29, 1.82) is 0 Å². The molecule has 5 nitrogen and oxygen atoms in total. The Morgan fingerprint density at radius 2 is 1.74 bits per heavy atom. The summed E-state index contributed by atoms with van der Waals surface area (Å²) in [5.74, 6) is -0.0624. The summed E-state index contributed by atoms with van der Waals surface area (Å²) in [6, 6.07) is -0.133. The number of rotatable bonds is 5. The molecule has 1 aliphatic heterocycles. The van der Waals surface area contributed by atoms with Gasteiger partial charge in [-0.2, -0.15) is 4.31 Å². The first-order valence-electron chi connectivity index (χ1n) is 7.11. The van der Waals surface area contributed by atoms with Gasteiger partial charge in [-0.25, -0.2) is 8.42 Å². The highest BCUT2D eigenvalue weighted by atomic mass is 32.2. The maximum absolute atomic E-state index is 12.2. The molecule has 0 spiro atoms. The quantitative estimate of drug-likeness (QED) is 0.770. The molecule has 0 aromatic heterocycles. The van der Waals surface area contributed by atoms with Gasteiger partial charge in [0.1, 0.15) is 0 Å². The Bertz CT molecular complexity index is 387. The molecule has 6 heteroatoms. The number of likely N-dealkylation sites (tertiary alicyclic amines) is 1. The third-order valence-corrected chi connectivity index (χ3v) is 5.10. The summed E-state index contributed by atoms with van der Waals surface area (Å²) >= 11 is 0. The fraction of sp³-hybridized carbons (Fsp3) is 0.923. The van der Waals surface area contributed by atoms with Crippen LogP contribution in [0.5, 0.6) is 0 Å². The standard InChI is InChI=1S/C13H26N2O3S/c1-4-12(2)15(19(3,17)18)11-13(16)14-9-7-5-6-8-10-14/h12H,4-11H2,1-3H3. The van der Waals surface area contributed by atoms with Gasteiger partial charge in [-0.05, 0) is 26.2 Å². The summed E-state index contributed by atoms with van der Waals surface area (Å²) in [5, 5.41) is 0. The Hall–Kier alpha value is -0.620. The number of sulfonamides is 1. The zero-order valence-electron chi connectivity index (χ0n) is 12.3. The van der Waals surface area contributed by atoms with Crippen LogP contribution in [0, 0.1) is 0 Å². The lowest BCUT2D eigenvalue weighted by atomic mass is 10.2. The predicted octanol–water partition coefficient (Wildman–Crippen LogP) is 1.45. The molecule has 0 radical (unpaired) electrons. The van der Waals surface area contributed by atoms with E-state index in [-0.39, 0.29) is 18.5 Å². The van der Waals surface area contributed by atoms with Gasteiger partial charge in [0.25, 0.3) is 0 Å². The maximum atomic E-state index is 12.2. The number of carbonyl (C=O) groups is 1. The normalized spacial score (nSPS) is 19.3. The maximum Gasteiger partial charge on any atom is 0.237 e. The zero-order valence-corrected chi connectivity index (χ0v) is 13.1. The molecule has 1 atom stereocenters. The summed E-state index contributed by atoms with van der Waals surface area (Å²) in [5.41, 5.74) is 0. The van der Waals surface area contributed by atoms with Gasteiger partial charge in [0, 0.05) is 19.1 Å². The van der Waals surface area contributed by atoms with Crippen LogP contribution in [-0.4, -0.2) is 55.5 Å². The minimum Gasteiger partial charge on any atom is -0.342 e. The molecule has 1 heterocycles. The van der Waals surface area contributed by atoms with Crippen LogP contribution < -0.4 is 0 Å². The van der Waals surface area contributed by atoms with E-state index in [1.54, 1.807) is 0 Å². The zero-order chi connectivity index (χ0) is 14.5. The van der Waals surface area contributed by atoms with Gasteiger partial charge in [-0.1, -0.05) is 19.8 Å². The van der Waals surface area contributed by atoms with E-state index in [0.717, 1.165) is 38.8 Å². The molecule has 1 aliphatic rings. The lowest BCUT2D eigenvalue weighted by Gasteiger charge is -2.28. The Balaban J connectivity index is 2.70. The number of hydrogen-bond donors (Lipinski definition) is 0. The first kappa shape index (κ1) is 16.4. The van der Waals surface area contributed by atoms with Crippen molar-refractivity contribution in [3.05, 3.63) is 0 Å². The lowest BCUT2D eigenvalue weighted by Crippen LogP contribution is -2.46. The summed E-state index contributed by atoms with van der Waals surface area (Å²) in [4.78, 5) is 14.1. The molecule has 1 unspecified atom stereocenters. The minimum atomic E-state index is -3.33. The van der Waals surface area contributed by atoms with Gasteiger partial charge < -0.3 is 4.90 Å². The van der Waals surface area contributed by atoms with E-state index in [2.05, 4.69) is 0 Å². The van der Waals surface area contributed by atoms with Gasteiger partial charge in [-0.3, -0.25) is 4.79 Å². The van der Waals surface area contributed by atoms with Crippen LogP contribution in [0.25, 0.3) is 0 Å². The van der Waals surface area contributed by atoms with Gasteiger partial charge in [-0.15, -0.1) is 0 Å². The van der Waals surface area contributed by atoms with E-state index < -0.39 is 10.0 Å². The van der Waals surface area contributed by atoms with Crippen molar-refractivity contribution < 1.29 is 13.2 Å². The molecule has 0 N–H and O–H groups in total. The fourth-order valence-corrected chi connectivity index (χ4v) is 3.50. The van der Waals surface area contributed by atoms with Crippen molar-refractivity contribution in [3.8, 4) is 0 Å². The highest BCUT2D eigenvalue weighted by molar-refractivity contribution is 7.88. The van der Waals surface area contributed by atoms with Gasteiger partial charge in [0.15, 0.2) is 0 Å². The first-order chi connectivity index (χ1) is 8.86. The third kappa shape index (κ3) is 5.10. The third-order valence-electron chi connectivity index (χ3n) is 3.76. The molecule has 19 heavy (non-hydrogen) atoms. The van der Waals surface area contributed by atoms with E-state index >= 15 is 0 Å². The first-order valence-corrected chi connectivity index (χ1v) is 8.95. The summed E-state index contributed by atoms with van der Waals surface area (Å²) in [6.45, 7) is 5.28. The van der Waals surface area contributed by atoms with Crippen molar-refractivity contribution >= 4 is 15.9 Å². The van der Waals surface area contributed by atoms with Crippen molar-refractivity contribution in [2.45, 2.75) is 52.0 Å². The number of hydrogen-bond acceptors (Lipinski definition) is 3. The molecular weight excluding hydrogens is 264 g/mol. The van der Waals surface area contributed by atoms with Crippen molar-refractivity contribution in [2.75, 3.05) is 25.9 Å². The molecule has 1 amide bonds. The lowest BCUT2D eigenvalue weighted by molar-refractivity contribution is -0.131. The predicted molar refractivity (Wildman–Crippen MR) is 76.4 cm³/mol. The van der Waals surface area contributed by atoms with Crippen LogP contribution in [0.1, 0.15) is 46.0 Å². The van der Waals surface area contributed by atoms with E-state index in [0.29, 0.717) is 6.42 Å². The Morgan fingerprint density at radius 3 is 2.16 bits per heavy atom. The second kappa shape index (κ2) is 7.24. The summed E-state index contributed by atoms with van der Waals surface area (Å²) in [6.07, 6.45) is 6.24. The van der Waals surface area contributed by atoms with Crippen LogP contribution in [0.4, 0.5) is 0 Å². The minimum absolute atomic E-state index is 0.0200. The SMILES string of the molecule is CCC(C)N(CC(=O)N1CCCCCC1)S(C)(=O)=O. The fourth-order valence-electron chi connectivity index (χ4n) is 2.36. The Morgan fingerprint density at radius 1 is 1.21 bits per heavy atom. The summed E-state index contributed by atoms with van der Waals surface area (Å²) in [7, 11) is -3.33. The second-order valence-corrected chi connectivity index (χ2v) is 7.30. The van der Waals surface area contributed by atoms with Gasteiger partial charge >= 0.3 is 0 Å². The van der Waals surface area contributed by atoms with Crippen molar-refractivity contribution in [2.24, 2.45) is 0 Å². The largest absolute Gasteiger partial charge is 0.342 e. The van der Waals surface area contributed by atoms with E-state index in [4.69, 9.17) is 0 Å². The van der Waals surface area contributed by atoms with Crippen LogP contribution in [0.3, 0.4) is 0 Å². The molecule has 0 saturated carbocycles. The van der Waals surface area contributed by atoms with Crippen molar-refractivity contribution in [1.82, 2.24) is 9.21 Å². The molecule has 0 aromatic carbocycles. The van der Waals surface area contributed by atoms with Crippen LogP contribution in [0.2, 0.25) is 0 Å². The summed E-state index contributed by atoms with van der Waals surface area (Å²) < 4.78 is 24.9. The number of carbonyl (C=O) groups excluding carboxylic acids is 1. The molecule has 112 valence electrons. The highest BCUT2D eigenvalue weighted by Gasteiger charge is 2.27. The smallest absolute Gasteiger partial charge is 0.237 e.